The van der Waals surface area contributed by atoms with Gasteiger partial charge in [0.1, 0.15) is 0 Å². The third kappa shape index (κ3) is 4.19. The second-order valence-electron chi connectivity index (χ2n) is 7.76. The quantitative estimate of drug-likeness (QED) is 0.818. The second-order valence-corrected chi connectivity index (χ2v) is 7.76. The number of nitrogens with zero attached hydrogens (tertiary/aromatic N) is 1. The largest absolute Gasteiger partial charge is 0.338 e. The van der Waals surface area contributed by atoms with Crippen molar-refractivity contribution in [2.45, 2.75) is 38.5 Å². The van der Waals surface area contributed by atoms with Crippen LogP contribution in [-0.2, 0) is 6.42 Å². The van der Waals surface area contributed by atoms with Crippen LogP contribution in [0.5, 0.6) is 0 Å². The van der Waals surface area contributed by atoms with Gasteiger partial charge in [-0.25, -0.2) is 4.79 Å². The number of hydrogen-bond acceptors (Lipinski definition) is 2. The molecule has 0 aromatic heterocycles. The Morgan fingerprint density at radius 2 is 1.82 bits per heavy atom. The minimum atomic E-state index is -0.207. The van der Waals surface area contributed by atoms with E-state index in [1.54, 1.807) is 12.1 Å². The van der Waals surface area contributed by atoms with E-state index in [4.69, 9.17) is 0 Å². The van der Waals surface area contributed by atoms with Crippen LogP contribution in [0.15, 0.2) is 48.5 Å². The van der Waals surface area contributed by atoms with E-state index < -0.39 is 0 Å². The Balaban J connectivity index is 1.37. The second kappa shape index (κ2) is 8.46. The number of urea groups is 1. The molecule has 2 aliphatic rings. The molecule has 0 unspecified atom stereocenters. The van der Waals surface area contributed by atoms with Gasteiger partial charge in [0.25, 0.3) is 5.91 Å². The minimum Gasteiger partial charge on any atom is -0.338 e. The summed E-state index contributed by atoms with van der Waals surface area (Å²) in [5.74, 6) is 0.555. The third-order valence-electron chi connectivity index (χ3n) is 5.78. The van der Waals surface area contributed by atoms with E-state index in [9.17, 15) is 9.59 Å². The molecule has 146 valence electrons. The fourth-order valence-corrected chi connectivity index (χ4v) is 4.24. The predicted molar refractivity (Wildman–Crippen MR) is 112 cm³/mol. The Kier molecular flexibility index (Phi) is 5.60. The summed E-state index contributed by atoms with van der Waals surface area (Å²) in [6, 6.07) is 15.0. The molecule has 2 aromatic rings. The van der Waals surface area contributed by atoms with Gasteiger partial charge in [0.2, 0.25) is 0 Å². The first-order chi connectivity index (χ1) is 13.7. The number of para-hydroxylation sites is 1. The van der Waals surface area contributed by atoms with Crippen molar-refractivity contribution in [3.63, 3.8) is 0 Å². The zero-order valence-corrected chi connectivity index (χ0v) is 16.1. The SMILES string of the molecule is O=C(NCC1CCCCC1)Nc1cccc(C(=O)N2CCc3ccccc32)c1. The molecule has 5 nitrogen and oxygen atoms in total. The van der Waals surface area contributed by atoms with Crippen LogP contribution in [0.3, 0.4) is 0 Å². The lowest BCUT2D eigenvalue weighted by Gasteiger charge is -2.22. The number of fused-ring (bicyclic) bond motifs is 1. The first kappa shape index (κ1) is 18.5. The molecule has 0 spiro atoms. The lowest BCUT2D eigenvalue weighted by molar-refractivity contribution is 0.0989. The van der Waals surface area contributed by atoms with Crippen LogP contribution in [0.1, 0.15) is 48.0 Å². The fourth-order valence-electron chi connectivity index (χ4n) is 4.24. The third-order valence-corrected chi connectivity index (χ3v) is 5.78. The molecule has 5 heteroatoms. The number of nitrogens with one attached hydrogen (secondary N) is 2. The van der Waals surface area contributed by atoms with Crippen molar-refractivity contribution in [3.8, 4) is 0 Å². The van der Waals surface area contributed by atoms with E-state index in [0.717, 1.165) is 18.7 Å². The Morgan fingerprint density at radius 3 is 2.68 bits per heavy atom. The van der Waals surface area contributed by atoms with Crippen molar-refractivity contribution in [2.24, 2.45) is 5.92 Å². The lowest BCUT2D eigenvalue weighted by atomic mass is 9.89. The molecular formula is C23H27N3O2. The van der Waals surface area contributed by atoms with Crippen molar-refractivity contribution in [1.29, 1.82) is 0 Å². The Hall–Kier alpha value is -2.82. The molecule has 2 N–H and O–H groups in total. The number of amides is 3. The van der Waals surface area contributed by atoms with Crippen LogP contribution in [0.2, 0.25) is 0 Å². The van der Waals surface area contributed by atoms with Gasteiger partial charge in [0.05, 0.1) is 0 Å². The average molecular weight is 377 g/mol. The number of benzene rings is 2. The van der Waals surface area contributed by atoms with Gasteiger partial charge in [-0.1, -0.05) is 43.5 Å². The van der Waals surface area contributed by atoms with Crippen molar-refractivity contribution < 1.29 is 9.59 Å². The maximum absolute atomic E-state index is 13.0. The van der Waals surface area contributed by atoms with E-state index in [-0.39, 0.29) is 11.9 Å². The van der Waals surface area contributed by atoms with Gasteiger partial charge in [-0.05, 0) is 55.0 Å². The molecule has 4 rings (SSSR count). The highest BCUT2D eigenvalue weighted by molar-refractivity contribution is 6.08. The molecule has 0 saturated heterocycles. The summed E-state index contributed by atoms with van der Waals surface area (Å²) in [6.45, 7) is 1.41. The molecule has 1 heterocycles. The van der Waals surface area contributed by atoms with E-state index in [1.807, 2.05) is 35.2 Å². The first-order valence-electron chi connectivity index (χ1n) is 10.3. The maximum Gasteiger partial charge on any atom is 0.319 e. The number of carbonyl (C=O) groups is 2. The summed E-state index contributed by atoms with van der Waals surface area (Å²) in [7, 11) is 0. The first-order valence-corrected chi connectivity index (χ1v) is 10.3. The average Bonchev–Trinajstić information content (AvgIpc) is 3.17. The molecule has 0 atom stereocenters. The predicted octanol–water partition coefficient (Wildman–Crippen LogP) is 4.59. The van der Waals surface area contributed by atoms with Crippen molar-refractivity contribution in [3.05, 3.63) is 59.7 Å². The molecular weight excluding hydrogens is 350 g/mol. The smallest absolute Gasteiger partial charge is 0.319 e. The van der Waals surface area contributed by atoms with E-state index in [2.05, 4.69) is 16.7 Å². The summed E-state index contributed by atoms with van der Waals surface area (Å²) in [4.78, 5) is 27.0. The summed E-state index contributed by atoms with van der Waals surface area (Å²) >= 11 is 0. The highest BCUT2D eigenvalue weighted by atomic mass is 16.2. The van der Waals surface area contributed by atoms with E-state index in [0.29, 0.717) is 23.7 Å². The summed E-state index contributed by atoms with van der Waals surface area (Å²) in [5.41, 5.74) is 3.41. The number of rotatable bonds is 4. The topological polar surface area (TPSA) is 61.4 Å². The number of hydrogen-bond donors (Lipinski definition) is 2. The molecule has 1 fully saturated rings. The van der Waals surface area contributed by atoms with Crippen LogP contribution < -0.4 is 15.5 Å². The normalized spacial score (nSPS) is 16.5. The summed E-state index contributed by atoms with van der Waals surface area (Å²) < 4.78 is 0. The molecule has 3 amide bonds. The summed E-state index contributed by atoms with van der Waals surface area (Å²) in [5, 5.41) is 5.84. The molecule has 28 heavy (non-hydrogen) atoms. The van der Waals surface area contributed by atoms with Crippen LogP contribution in [0.25, 0.3) is 0 Å². The molecule has 0 bridgehead atoms. The van der Waals surface area contributed by atoms with Gasteiger partial charge < -0.3 is 15.5 Å². The van der Waals surface area contributed by atoms with Gasteiger partial charge in [-0.2, -0.15) is 0 Å². The molecule has 0 radical (unpaired) electrons. The Bertz CT molecular complexity index is 858. The van der Waals surface area contributed by atoms with E-state index in [1.165, 1.54) is 37.7 Å². The van der Waals surface area contributed by atoms with Crippen molar-refractivity contribution in [2.75, 3.05) is 23.3 Å². The minimum absolute atomic E-state index is 0.0313. The van der Waals surface area contributed by atoms with Crippen LogP contribution in [-0.4, -0.2) is 25.0 Å². The van der Waals surface area contributed by atoms with Gasteiger partial charge in [-0.3, -0.25) is 4.79 Å². The van der Waals surface area contributed by atoms with Gasteiger partial charge in [0, 0.05) is 30.0 Å². The zero-order chi connectivity index (χ0) is 19.3. The zero-order valence-electron chi connectivity index (χ0n) is 16.1. The molecule has 1 saturated carbocycles. The monoisotopic (exact) mass is 377 g/mol. The highest BCUT2D eigenvalue weighted by Crippen LogP contribution is 2.29. The van der Waals surface area contributed by atoms with E-state index >= 15 is 0 Å². The van der Waals surface area contributed by atoms with Gasteiger partial charge in [0.15, 0.2) is 0 Å². The van der Waals surface area contributed by atoms with Crippen LogP contribution in [0, 0.1) is 5.92 Å². The lowest BCUT2D eigenvalue weighted by Crippen LogP contribution is -2.34. The number of carbonyl (C=O) groups excluding carboxylic acids is 2. The standard InChI is InChI=1S/C23H27N3O2/c27-22(26-14-13-18-9-4-5-12-21(18)26)19-10-6-11-20(15-19)25-23(28)24-16-17-7-2-1-3-8-17/h4-6,9-12,15,17H,1-3,7-8,13-14,16H2,(H2,24,25,28). The van der Waals surface area contributed by atoms with Crippen LogP contribution in [0.4, 0.5) is 16.2 Å². The number of anilines is 2. The fraction of sp³-hybridized carbons (Fsp3) is 0.391. The molecule has 1 aliphatic carbocycles. The molecule has 1 aliphatic heterocycles. The molecule has 2 aromatic carbocycles. The van der Waals surface area contributed by atoms with Gasteiger partial charge >= 0.3 is 6.03 Å². The maximum atomic E-state index is 13.0. The highest BCUT2D eigenvalue weighted by Gasteiger charge is 2.25. The van der Waals surface area contributed by atoms with Crippen LogP contribution >= 0.6 is 0 Å². The summed E-state index contributed by atoms with van der Waals surface area (Å²) in [6.07, 6.45) is 7.10. The van der Waals surface area contributed by atoms with Gasteiger partial charge in [-0.15, -0.1) is 0 Å². The van der Waals surface area contributed by atoms with Crippen molar-refractivity contribution >= 4 is 23.3 Å². The Labute approximate surface area is 166 Å². The van der Waals surface area contributed by atoms with Crippen molar-refractivity contribution in [1.82, 2.24) is 5.32 Å². The Morgan fingerprint density at radius 1 is 1.00 bits per heavy atom.